The minimum absolute atomic E-state index is 0.118. The fourth-order valence-electron chi connectivity index (χ4n) is 11.6. The van der Waals surface area contributed by atoms with Crippen LogP contribution in [-0.2, 0) is 9.59 Å². The Labute approximate surface area is 345 Å². The number of hydrogen-bond donors (Lipinski definition) is 2. The third-order valence-electron chi connectivity index (χ3n) is 14.8. The molecular weight excluding hydrogens is 709 g/mol. The summed E-state index contributed by atoms with van der Waals surface area (Å²) in [5.41, 5.74) is 8.78. The molecule has 0 radical (unpaired) electrons. The molecule has 2 aromatic rings. The number of nitrogens with one attached hydrogen (secondary N) is 2. The van der Waals surface area contributed by atoms with E-state index in [2.05, 4.69) is 118 Å². The molecule has 2 aromatic carbocycles. The summed E-state index contributed by atoms with van der Waals surface area (Å²) in [6.07, 6.45) is 7.24. The number of hydrogen-bond acceptors (Lipinski definition) is 4. The Bertz CT molecular complexity index is 1600. The van der Waals surface area contributed by atoms with Crippen molar-refractivity contribution in [1.82, 2.24) is 0 Å². The van der Waals surface area contributed by atoms with Crippen molar-refractivity contribution >= 4 is 23.2 Å². The molecular formula is C49H76N4O4. The van der Waals surface area contributed by atoms with Crippen LogP contribution in [0.4, 0.5) is 11.4 Å². The Morgan fingerprint density at radius 2 is 0.860 bits per heavy atom. The van der Waals surface area contributed by atoms with Crippen LogP contribution in [0, 0.1) is 22.3 Å². The van der Waals surface area contributed by atoms with E-state index in [0.717, 1.165) is 72.2 Å². The van der Waals surface area contributed by atoms with Crippen molar-refractivity contribution in [2.24, 2.45) is 11.8 Å². The van der Waals surface area contributed by atoms with Crippen LogP contribution in [0.3, 0.4) is 0 Å². The van der Waals surface area contributed by atoms with Crippen molar-refractivity contribution < 1.29 is 18.9 Å². The number of rotatable bonds is 14. The molecule has 2 saturated heterocycles. The molecule has 8 heteroatoms. The van der Waals surface area contributed by atoms with Gasteiger partial charge in [-0.15, -0.1) is 0 Å². The predicted octanol–water partition coefficient (Wildman–Crippen LogP) is 11.9. The minimum Gasteiger partial charge on any atom is -0.632 e. The van der Waals surface area contributed by atoms with Gasteiger partial charge in [0.2, 0.25) is 0 Å². The van der Waals surface area contributed by atoms with Crippen molar-refractivity contribution in [2.45, 2.75) is 201 Å². The van der Waals surface area contributed by atoms with E-state index >= 15 is 10.4 Å². The lowest BCUT2D eigenvalue weighted by molar-refractivity contribution is -0.926. The molecule has 2 amide bonds. The number of carbonyl (C=O) groups is 2. The highest BCUT2D eigenvalue weighted by Gasteiger charge is 2.57. The normalized spacial score (nSPS) is 29.8. The molecule has 316 valence electrons. The van der Waals surface area contributed by atoms with Gasteiger partial charge in [-0.3, -0.25) is 9.59 Å². The molecule has 2 heterocycles. The molecule has 0 aromatic heterocycles. The van der Waals surface area contributed by atoms with Gasteiger partial charge in [-0.05, 0) is 94.6 Å². The first kappa shape index (κ1) is 43.8. The average molecular weight is 785 g/mol. The van der Waals surface area contributed by atoms with E-state index in [9.17, 15) is 9.59 Å². The second kappa shape index (κ2) is 17.1. The first-order valence-corrected chi connectivity index (χ1v) is 22.9. The number of hydroxylamine groups is 6. The number of amides is 2. The molecule has 6 rings (SSSR count). The van der Waals surface area contributed by atoms with Crippen LogP contribution in [0.2, 0.25) is 0 Å². The number of quaternary nitrogens is 2. The zero-order valence-corrected chi connectivity index (χ0v) is 37.5. The molecule has 8 atom stereocenters. The summed E-state index contributed by atoms with van der Waals surface area (Å²) in [5, 5.41) is 37.5. The summed E-state index contributed by atoms with van der Waals surface area (Å²) in [6.45, 7) is 26.7. The second-order valence-corrected chi connectivity index (χ2v) is 20.6. The summed E-state index contributed by atoms with van der Waals surface area (Å²) in [6, 6.07) is 7.31. The Morgan fingerprint density at radius 3 is 1.14 bits per heavy atom. The van der Waals surface area contributed by atoms with Gasteiger partial charge in [-0.1, -0.05) is 107 Å². The van der Waals surface area contributed by atoms with E-state index in [-0.39, 0.29) is 72.5 Å². The fourth-order valence-corrected chi connectivity index (χ4v) is 11.6. The largest absolute Gasteiger partial charge is 0.632 e. The van der Waals surface area contributed by atoms with Crippen molar-refractivity contribution in [2.75, 3.05) is 23.7 Å². The third-order valence-corrected chi connectivity index (χ3v) is 14.8. The first-order valence-electron chi connectivity index (χ1n) is 22.9. The molecule has 2 N–H and O–H groups in total. The van der Waals surface area contributed by atoms with Crippen LogP contribution in [-0.4, -0.2) is 58.4 Å². The molecule has 2 saturated carbocycles. The fraction of sp³-hybridized carbons (Fsp3) is 0.714. The maximum absolute atomic E-state index is 15.4. The summed E-state index contributed by atoms with van der Waals surface area (Å²) in [5.74, 6) is 1.67. The highest BCUT2D eigenvalue weighted by Crippen LogP contribution is 2.50. The van der Waals surface area contributed by atoms with E-state index in [1.165, 1.54) is 11.1 Å². The van der Waals surface area contributed by atoms with E-state index in [1.54, 1.807) is 0 Å². The maximum atomic E-state index is 15.4. The number of benzene rings is 2. The second-order valence-electron chi connectivity index (χ2n) is 20.6. The van der Waals surface area contributed by atoms with Crippen molar-refractivity contribution in [1.29, 1.82) is 0 Å². The summed E-state index contributed by atoms with van der Waals surface area (Å²) in [7, 11) is 0. The van der Waals surface area contributed by atoms with E-state index < -0.39 is 21.4 Å². The van der Waals surface area contributed by atoms with Gasteiger partial charge in [0.25, 0.3) is 11.8 Å². The van der Waals surface area contributed by atoms with Crippen molar-refractivity contribution in [3.8, 4) is 0 Å². The first-order chi connectivity index (χ1) is 26.8. The van der Waals surface area contributed by atoms with Gasteiger partial charge in [-0.25, -0.2) is 0 Å². The third kappa shape index (κ3) is 8.36. The Kier molecular flexibility index (Phi) is 13.1. The van der Waals surface area contributed by atoms with Gasteiger partial charge < -0.3 is 30.3 Å². The van der Waals surface area contributed by atoms with Gasteiger partial charge in [-0.2, -0.15) is 0 Å². The summed E-state index contributed by atoms with van der Waals surface area (Å²) < 4.78 is -1.09. The highest BCUT2D eigenvalue weighted by atomic mass is 16.6. The standard InChI is InChI=1S/C49H76N4O4/c1-28(2)36-22-38(30(5)6)46(39(23-36)31(7)8)50-48(54)44-26-34-16-13-18-42(34)52(44,56)20-15-21-53(57)43-19-14-17-35(43)27-45(53)49(55)51-47-40(32(9)10)24-37(29(3)4)25-41(47)33(11)12/h22-25,28-35,42-45H,13-21,26-27H2,1-12H3,(H,50,54)(H,51,55). The number of likely N-dealkylation sites (tertiary alicyclic amines) is 2. The zero-order chi connectivity index (χ0) is 41.7. The van der Waals surface area contributed by atoms with Crippen LogP contribution in [0.5, 0.6) is 0 Å². The van der Waals surface area contributed by atoms with Crippen molar-refractivity contribution in [3.63, 3.8) is 0 Å². The average Bonchev–Trinajstić information content (AvgIpc) is 3.91. The zero-order valence-electron chi connectivity index (χ0n) is 37.5. The highest BCUT2D eigenvalue weighted by molar-refractivity contribution is 5.97. The van der Waals surface area contributed by atoms with E-state index in [0.29, 0.717) is 31.1 Å². The molecule has 8 nitrogen and oxygen atoms in total. The summed E-state index contributed by atoms with van der Waals surface area (Å²) in [4.78, 5) is 29.1. The van der Waals surface area contributed by atoms with Crippen LogP contribution in [0.25, 0.3) is 0 Å². The topological polar surface area (TPSA) is 104 Å². The SMILES string of the molecule is CC(C)c1cc(C(C)C)c(NC(=O)C2CC3CCCC3[N+]2([O-])CCC[N+]2([O-])C(C(=O)Nc3c(C(C)C)cc(C(C)C)cc3C(C)C)CC3CCCC32)c(C(C)C)c1. The quantitative estimate of drug-likeness (QED) is 0.147. The number of anilines is 2. The molecule has 2 aliphatic carbocycles. The lowest BCUT2D eigenvalue weighted by Gasteiger charge is -2.51. The van der Waals surface area contributed by atoms with Crippen LogP contribution >= 0.6 is 0 Å². The minimum atomic E-state index is -0.708. The molecule has 2 aliphatic heterocycles. The lowest BCUT2D eigenvalue weighted by Crippen LogP contribution is -2.60. The smallest absolute Gasteiger partial charge is 0.283 e. The Hall–Kier alpha value is -2.78. The Morgan fingerprint density at radius 1 is 0.544 bits per heavy atom. The van der Waals surface area contributed by atoms with Gasteiger partial charge in [0.1, 0.15) is 0 Å². The van der Waals surface area contributed by atoms with Gasteiger partial charge in [0.15, 0.2) is 12.1 Å². The lowest BCUT2D eigenvalue weighted by atomic mass is 9.87. The molecule has 0 spiro atoms. The van der Waals surface area contributed by atoms with Crippen molar-refractivity contribution in [3.05, 3.63) is 68.1 Å². The maximum Gasteiger partial charge on any atom is 0.283 e. The molecule has 57 heavy (non-hydrogen) atoms. The van der Waals surface area contributed by atoms with Crippen LogP contribution < -0.4 is 10.6 Å². The molecule has 4 fully saturated rings. The van der Waals surface area contributed by atoms with Gasteiger partial charge in [0, 0.05) is 55.3 Å². The molecule has 8 unspecified atom stereocenters. The van der Waals surface area contributed by atoms with E-state index in [1.807, 2.05) is 0 Å². The number of nitrogens with zero attached hydrogens (tertiary/aromatic N) is 2. The molecule has 0 bridgehead atoms. The van der Waals surface area contributed by atoms with Crippen LogP contribution in [0.15, 0.2) is 24.3 Å². The monoisotopic (exact) mass is 785 g/mol. The summed E-state index contributed by atoms with van der Waals surface area (Å²) >= 11 is 0. The van der Waals surface area contributed by atoms with Gasteiger partial charge >= 0.3 is 0 Å². The number of carbonyl (C=O) groups excluding carboxylic acids is 2. The van der Waals surface area contributed by atoms with Crippen LogP contribution in [0.1, 0.15) is 210 Å². The van der Waals surface area contributed by atoms with E-state index in [4.69, 9.17) is 0 Å². The predicted molar refractivity (Wildman–Crippen MR) is 235 cm³/mol. The molecule has 4 aliphatic rings. The van der Waals surface area contributed by atoms with Gasteiger partial charge in [0.05, 0.1) is 25.2 Å². The Balaban J connectivity index is 1.25. The number of fused-ring (bicyclic) bond motifs is 2.